The highest BCUT2D eigenvalue weighted by atomic mass is 16.5. The smallest absolute Gasteiger partial charge is 0.338 e. The molecule has 0 saturated carbocycles. The summed E-state index contributed by atoms with van der Waals surface area (Å²) in [6, 6.07) is 5.16. The molecule has 22 heavy (non-hydrogen) atoms. The Morgan fingerprint density at radius 1 is 1.32 bits per heavy atom. The van der Waals surface area contributed by atoms with E-state index in [9.17, 15) is 9.59 Å². The quantitative estimate of drug-likeness (QED) is 0.860. The summed E-state index contributed by atoms with van der Waals surface area (Å²) >= 11 is 0. The minimum Gasteiger partial charge on any atom is -0.465 e. The summed E-state index contributed by atoms with van der Waals surface area (Å²) in [5, 5.41) is 6.91. The zero-order valence-electron chi connectivity index (χ0n) is 12.9. The van der Waals surface area contributed by atoms with Gasteiger partial charge in [-0.05, 0) is 37.1 Å². The number of rotatable bonds is 5. The van der Waals surface area contributed by atoms with Gasteiger partial charge in [-0.2, -0.15) is 5.10 Å². The highest BCUT2D eigenvalue weighted by Gasteiger charge is 2.11. The summed E-state index contributed by atoms with van der Waals surface area (Å²) in [7, 11) is 1.33. The van der Waals surface area contributed by atoms with Gasteiger partial charge in [-0.25, -0.2) is 4.79 Å². The van der Waals surface area contributed by atoms with Crippen molar-refractivity contribution in [3.05, 3.63) is 47.3 Å². The van der Waals surface area contributed by atoms with Gasteiger partial charge in [0.05, 0.1) is 18.9 Å². The Bertz CT molecular complexity index is 692. The number of esters is 1. The number of benzene rings is 1. The third-order valence-corrected chi connectivity index (χ3v) is 3.26. The lowest BCUT2D eigenvalue weighted by molar-refractivity contribution is -0.116. The number of ether oxygens (including phenoxy) is 1. The molecule has 0 radical (unpaired) electrons. The van der Waals surface area contributed by atoms with Crippen molar-refractivity contribution < 1.29 is 14.3 Å². The van der Waals surface area contributed by atoms with Crippen LogP contribution in [0.25, 0.3) is 0 Å². The molecule has 6 heteroatoms. The van der Waals surface area contributed by atoms with Crippen molar-refractivity contribution in [3.63, 3.8) is 0 Å². The summed E-state index contributed by atoms with van der Waals surface area (Å²) in [6.07, 6.45) is 3.94. The number of hydrogen-bond donors (Lipinski definition) is 1. The molecule has 1 heterocycles. The third kappa shape index (κ3) is 3.94. The number of aromatic nitrogens is 2. The molecule has 0 aliphatic carbocycles. The average Bonchev–Trinajstić information content (AvgIpc) is 2.92. The van der Waals surface area contributed by atoms with E-state index in [-0.39, 0.29) is 5.91 Å². The number of amides is 1. The number of methoxy groups -OCH3 is 1. The van der Waals surface area contributed by atoms with Gasteiger partial charge in [-0.3, -0.25) is 9.48 Å². The van der Waals surface area contributed by atoms with Crippen LogP contribution in [0.3, 0.4) is 0 Å². The molecule has 0 bridgehead atoms. The summed E-state index contributed by atoms with van der Waals surface area (Å²) in [6.45, 7) is 4.28. The molecule has 0 unspecified atom stereocenters. The molecule has 0 spiro atoms. The molecule has 0 atom stereocenters. The van der Waals surface area contributed by atoms with Gasteiger partial charge >= 0.3 is 5.97 Å². The monoisotopic (exact) mass is 301 g/mol. The van der Waals surface area contributed by atoms with Gasteiger partial charge in [-0.15, -0.1) is 0 Å². The molecule has 1 amide bonds. The molecule has 2 aromatic rings. The van der Waals surface area contributed by atoms with Crippen molar-refractivity contribution in [2.24, 2.45) is 0 Å². The number of nitrogens with one attached hydrogen (secondary N) is 1. The van der Waals surface area contributed by atoms with Crippen molar-refractivity contribution in [2.45, 2.75) is 26.8 Å². The van der Waals surface area contributed by atoms with E-state index in [1.165, 1.54) is 7.11 Å². The molecule has 1 aromatic carbocycles. The molecule has 0 aliphatic rings. The molecule has 116 valence electrons. The number of anilines is 1. The Balaban J connectivity index is 1.98. The predicted molar refractivity (Wildman–Crippen MR) is 82.7 cm³/mol. The van der Waals surface area contributed by atoms with Gasteiger partial charge in [0.1, 0.15) is 0 Å². The number of carbonyl (C=O) groups is 2. The van der Waals surface area contributed by atoms with Crippen LogP contribution in [-0.4, -0.2) is 28.8 Å². The van der Waals surface area contributed by atoms with Gasteiger partial charge in [0, 0.05) is 24.8 Å². The van der Waals surface area contributed by atoms with E-state index in [4.69, 9.17) is 4.74 Å². The van der Waals surface area contributed by atoms with E-state index in [1.54, 1.807) is 29.1 Å². The second-order valence-corrected chi connectivity index (χ2v) is 5.10. The van der Waals surface area contributed by atoms with Gasteiger partial charge in [-0.1, -0.05) is 6.07 Å². The molecule has 1 N–H and O–H groups in total. The second-order valence-electron chi connectivity index (χ2n) is 5.10. The first kappa shape index (κ1) is 15.8. The topological polar surface area (TPSA) is 73.2 Å². The maximum absolute atomic E-state index is 12.0. The zero-order chi connectivity index (χ0) is 16.1. The van der Waals surface area contributed by atoms with Gasteiger partial charge in [0.15, 0.2) is 0 Å². The summed E-state index contributed by atoms with van der Waals surface area (Å²) in [4.78, 5) is 23.6. The van der Waals surface area contributed by atoms with Crippen molar-refractivity contribution >= 4 is 17.6 Å². The average molecular weight is 301 g/mol. The normalized spacial score (nSPS) is 10.3. The number of aryl methyl sites for hydroxylation is 3. The third-order valence-electron chi connectivity index (χ3n) is 3.26. The first-order valence-corrected chi connectivity index (χ1v) is 6.97. The van der Waals surface area contributed by atoms with E-state index in [2.05, 4.69) is 10.4 Å². The fourth-order valence-corrected chi connectivity index (χ4v) is 2.06. The summed E-state index contributed by atoms with van der Waals surface area (Å²) in [5.74, 6) is -0.548. The predicted octanol–water partition coefficient (Wildman–Crippen LogP) is 2.32. The van der Waals surface area contributed by atoms with Crippen LogP contribution >= 0.6 is 0 Å². The van der Waals surface area contributed by atoms with Crippen LogP contribution < -0.4 is 5.32 Å². The van der Waals surface area contributed by atoms with E-state index in [0.29, 0.717) is 24.2 Å². The highest BCUT2D eigenvalue weighted by Crippen LogP contribution is 2.16. The molecular weight excluding hydrogens is 282 g/mol. The molecule has 0 fully saturated rings. The second kappa shape index (κ2) is 6.89. The Kier molecular flexibility index (Phi) is 4.93. The van der Waals surface area contributed by atoms with E-state index < -0.39 is 5.97 Å². The SMILES string of the molecule is COC(=O)c1cc(NC(=O)CCn2cc(C)cn2)ccc1C. The number of hydrogen-bond acceptors (Lipinski definition) is 4. The first-order valence-electron chi connectivity index (χ1n) is 6.97. The Hall–Kier alpha value is -2.63. The lowest BCUT2D eigenvalue weighted by Gasteiger charge is -2.09. The van der Waals surface area contributed by atoms with Crippen molar-refractivity contribution in [1.29, 1.82) is 0 Å². The number of nitrogens with zero attached hydrogens (tertiary/aromatic N) is 2. The Morgan fingerprint density at radius 3 is 2.73 bits per heavy atom. The van der Waals surface area contributed by atoms with Crippen LogP contribution in [0, 0.1) is 13.8 Å². The van der Waals surface area contributed by atoms with Gasteiger partial charge in [0.2, 0.25) is 5.91 Å². The van der Waals surface area contributed by atoms with Crippen molar-refractivity contribution in [1.82, 2.24) is 9.78 Å². The Labute approximate surface area is 129 Å². The molecular formula is C16H19N3O3. The lowest BCUT2D eigenvalue weighted by Crippen LogP contribution is -2.15. The fourth-order valence-electron chi connectivity index (χ4n) is 2.06. The Morgan fingerprint density at radius 2 is 2.09 bits per heavy atom. The van der Waals surface area contributed by atoms with Gasteiger partial charge in [0.25, 0.3) is 0 Å². The summed E-state index contributed by atoms with van der Waals surface area (Å²) < 4.78 is 6.45. The van der Waals surface area contributed by atoms with Gasteiger partial charge < -0.3 is 10.1 Å². The van der Waals surface area contributed by atoms with E-state index in [0.717, 1.165) is 11.1 Å². The van der Waals surface area contributed by atoms with Crippen LogP contribution in [-0.2, 0) is 16.1 Å². The standard InChI is InChI=1S/C16H19N3O3/c1-11-9-17-19(10-11)7-6-15(20)18-13-5-4-12(2)14(8-13)16(21)22-3/h4-5,8-10H,6-7H2,1-3H3,(H,18,20). The molecule has 1 aromatic heterocycles. The molecule has 0 saturated heterocycles. The minimum absolute atomic E-state index is 0.132. The highest BCUT2D eigenvalue weighted by molar-refractivity contribution is 5.95. The van der Waals surface area contributed by atoms with E-state index in [1.807, 2.05) is 20.0 Å². The summed E-state index contributed by atoms with van der Waals surface area (Å²) in [5.41, 5.74) is 2.88. The minimum atomic E-state index is -0.416. The van der Waals surface area contributed by atoms with Crippen LogP contribution in [0.15, 0.2) is 30.6 Å². The first-order chi connectivity index (χ1) is 10.5. The van der Waals surface area contributed by atoms with Crippen LogP contribution in [0.5, 0.6) is 0 Å². The van der Waals surface area contributed by atoms with Crippen molar-refractivity contribution in [3.8, 4) is 0 Å². The fraction of sp³-hybridized carbons (Fsp3) is 0.312. The lowest BCUT2D eigenvalue weighted by atomic mass is 10.1. The van der Waals surface area contributed by atoms with Crippen molar-refractivity contribution in [2.75, 3.05) is 12.4 Å². The van der Waals surface area contributed by atoms with Crippen LogP contribution in [0.1, 0.15) is 27.9 Å². The zero-order valence-corrected chi connectivity index (χ0v) is 12.9. The largest absolute Gasteiger partial charge is 0.465 e. The number of carbonyl (C=O) groups excluding carboxylic acids is 2. The maximum atomic E-state index is 12.0. The van der Waals surface area contributed by atoms with E-state index >= 15 is 0 Å². The molecule has 0 aliphatic heterocycles. The van der Waals surface area contributed by atoms with Crippen LogP contribution in [0.2, 0.25) is 0 Å². The molecule has 2 rings (SSSR count). The van der Waals surface area contributed by atoms with Crippen LogP contribution in [0.4, 0.5) is 5.69 Å². The maximum Gasteiger partial charge on any atom is 0.338 e. The molecule has 6 nitrogen and oxygen atoms in total.